The Morgan fingerprint density at radius 2 is 1.88 bits per heavy atom. The number of nitrogens with zero attached hydrogens (tertiary/aromatic N) is 4. The van der Waals surface area contributed by atoms with E-state index in [2.05, 4.69) is 36.9 Å². The van der Waals surface area contributed by atoms with E-state index in [0.29, 0.717) is 17.6 Å². The number of nitrogens with one attached hydrogen (secondary N) is 2. The quantitative estimate of drug-likeness (QED) is 0.331. The summed E-state index contributed by atoms with van der Waals surface area (Å²) in [5.41, 5.74) is 0.832. The van der Waals surface area contributed by atoms with Gasteiger partial charge >= 0.3 is 0 Å². The second kappa shape index (κ2) is 10.2. The van der Waals surface area contributed by atoms with Gasteiger partial charge in [0.25, 0.3) is 0 Å². The molecule has 3 fully saturated rings. The molecule has 0 saturated carbocycles. The first-order valence-electron chi connectivity index (χ1n) is 13.4. The molecule has 3 unspecified atom stereocenters. The molecule has 4 heterocycles. The van der Waals surface area contributed by atoms with Gasteiger partial charge in [-0.25, -0.2) is 4.68 Å². The zero-order valence-corrected chi connectivity index (χ0v) is 23.7. The summed E-state index contributed by atoms with van der Waals surface area (Å²) in [6.45, 7) is 3.48. The number of anilines is 1. The molecule has 2 aromatic carbocycles. The van der Waals surface area contributed by atoms with E-state index in [1.807, 2.05) is 56.3 Å². The van der Waals surface area contributed by atoms with Crippen molar-refractivity contribution in [3.63, 3.8) is 0 Å². The first kappa shape index (κ1) is 26.9. The Hall–Kier alpha value is -3.35. The first-order chi connectivity index (χ1) is 19.3. The van der Waals surface area contributed by atoms with Gasteiger partial charge in [0.2, 0.25) is 17.7 Å². The summed E-state index contributed by atoms with van der Waals surface area (Å²) in [5.74, 6) is -2.94. The van der Waals surface area contributed by atoms with Crippen molar-refractivity contribution in [1.82, 2.24) is 25.2 Å². The number of aromatic nitrogens is 3. The lowest BCUT2D eigenvalue weighted by molar-refractivity contribution is -0.146. The van der Waals surface area contributed by atoms with Crippen LogP contribution in [0.5, 0.6) is 0 Å². The Labute approximate surface area is 239 Å². The Morgan fingerprint density at radius 1 is 1.15 bits per heavy atom. The number of benzene rings is 2. The van der Waals surface area contributed by atoms with Crippen molar-refractivity contribution in [2.45, 2.75) is 55.6 Å². The van der Waals surface area contributed by atoms with Gasteiger partial charge in [-0.05, 0) is 36.6 Å². The molecule has 2 bridgehead atoms. The number of fused-ring (bicyclic) bond motifs is 2. The molecule has 210 valence electrons. The highest BCUT2D eigenvalue weighted by Crippen LogP contribution is 2.60. The molecule has 11 nitrogen and oxygen atoms in total. The Morgan fingerprint density at radius 3 is 2.60 bits per heavy atom. The van der Waals surface area contributed by atoms with Crippen molar-refractivity contribution in [3.8, 4) is 0 Å². The van der Waals surface area contributed by atoms with Crippen LogP contribution in [0.25, 0.3) is 11.0 Å². The smallest absolute Gasteiger partial charge is 0.247 e. The highest BCUT2D eigenvalue weighted by atomic mass is 79.9. The molecule has 3 N–H and O–H groups in total. The molecule has 7 atom stereocenters. The van der Waals surface area contributed by atoms with Crippen LogP contribution in [0.3, 0.4) is 0 Å². The summed E-state index contributed by atoms with van der Waals surface area (Å²) in [6, 6.07) is 14.8. The number of ether oxygens (including phenoxy) is 1. The molecule has 6 rings (SSSR count). The summed E-state index contributed by atoms with van der Waals surface area (Å²) < 4.78 is 8.11. The van der Waals surface area contributed by atoms with Gasteiger partial charge in [0.1, 0.15) is 23.8 Å². The second-order valence-corrected chi connectivity index (χ2v) is 12.2. The fourth-order valence-corrected chi connectivity index (χ4v) is 7.62. The lowest BCUT2D eigenvalue weighted by atomic mass is 9.70. The number of aliphatic hydroxyl groups excluding tert-OH is 1. The zero-order valence-electron chi connectivity index (χ0n) is 22.1. The van der Waals surface area contributed by atoms with Crippen LogP contribution >= 0.6 is 15.9 Å². The molecule has 3 amide bonds. The van der Waals surface area contributed by atoms with Crippen LogP contribution in [0.4, 0.5) is 5.69 Å². The summed E-state index contributed by atoms with van der Waals surface area (Å²) in [5, 5.41) is 24.5. The van der Waals surface area contributed by atoms with E-state index in [1.165, 1.54) is 4.90 Å². The number of aliphatic hydroxyl groups is 1. The van der Waals surface area contributed by atoms with Crippen molar-refractivity contribution in [1.29, 1.82) is 0 Å². The van der Waals surface area contributed by atoms with Crippen LogP contribution in [0.1, 0.15) is 20.3 Å². The maximum Gasteiger partial charge on any atom is 0.247 e. The lowest BCUT2D eigenvalue weighted by Crippen LogP contribution is -2.59. The molecular formula is C28H31BrN6O5. The van der Waals surface area contributed by atoms with Gasteiger partial charge in [-0.15, -0.1) is 5.10 Å². The number of alkyl halides is 1. The topological polar surface area (TPSA) is 139 Å². The minimum Gasteiger partial charge on any atom is -0.394 e. The van der Waals surface area contributed by atoms with Crippen molar-refractivity contribution in [2.75, 3.05) is 11.9 Å². The molecule has 12 heteroatoms. The monoisotopic (exact) mass is 610 g/mol. The van der Waals surface area contributed by atoms with Crippen molar-refractivity contribution in [2.24, 2.45) is 17.8 Å². The average Bonchev–Trinajstić information content (AvgIpc) is 3.66. The predicted molar refractivity (Wildman–Crippen MR) is 149 cm³/mol. The number of halogens is 1. The largest absolute Gasteiger partial charge is 0.394 e. The number of hydrogen-bond donors (Lipinski definition) is 3. The second-order valence-electron chi connectivity index (χ2n) is 11.0. The molecule has 0 aliphatic carbocycles. The van der Waals surface area contributed by atoms with Gasteiger partial charge in [0, 0.05) is 10.5 Å². The Balaban J connectivity index is 1.34. The van der Waals surface area contributed by atoms with Crippen molar-refractivity contribution in [3.05, 3.63) is 54.6 Å². The first-order valence-corrected chi connectivity index (χ1v) is 14.3. The highest BCUT2D eigenvalue weighted by molar-refractivity contribution is 9.09. The number of likely N-dealkylation sites (tertiary alicyclic amines) is 1. The molecule has 3 saturated heterocycles. The molecule has 3 aliphatic heterocycles. The van der Waals surface area contributed by atoms with Crippen LogP contribution in [-0.2, 0) is 25.8 Å². The summed E-state index contributed by atoms with van der Waals surface area (Å²) in [7, 11) is 0. The maximum absolute atomic E-state index is 14.2. The fraction of sp³-hybridized carbons (Fsp3) is 0.464. The number of carbonyl (C=O) groups is 3. The molecule has 1 spiro atoms. The van der Waals surface area contributed by atoms with Crippen LogP contribution in [0, 0.1) is 17.8 Å². The van der Waals surface area contributed by atoms with E-state index in [-0.39, 0.29) is 35.8 Å². The maximum atomic E-state index is 14.2. The van der Waals surface area contributed by atoms with E-state index >= 15 is 0 Å². The van der Waals surface area contributed by atoms with E-state index in [0.717, 1.165) is 5.52 Å². The number of carbonyl (C=O) groups excluding carboxylic acids is 3. The van der Waals surface area contributed by atoms with E-state index in [4.69, 9.17) is 4.74 Å². The highest BCUT2D eigenvalue weighted by Gasteiger charge is 2.77. The van der Waals surface area contributed by atoms with E-state index < -0.39 is 41.5 Å². The van der Waals surface area contributed by atoms with Crippen LogP contribution in [0.2, 0.25) is 0 Å². The van der Waals surface area contributed by atoms with Gasteiger partial charge < -0.3 is 25.4 Å². The average molecular weight is 611 g/mol. The van der Waals surface area contributed by atoms with E-state index in [9.17, 15) is 19.5 Å². The summed E-state index contributed by atoms with van der Waals surface area (Å²) in [4.78, 5) is 43.1. The minimum absolute atomic E-state index is 0.0309. The minimum atomic E-state index is -1.23. The summed E-state index contributed by atoms with van der Waals surface area (Å²) >= 11 is 3.68. The number of para-hydroxylation sites is 2. The van der Waals surface area contributed by atoms with E-state index in [1.54, 1.807) is 16.8 Å². The normalized spacial score (nSPS) is 29.7. The van der Waals surface area contributed by atoms with Gasteiger partial charge in [-0.1, -0.05) is 65.3 Å². The van der Waals surface area contributed by atoms with Gasteiger partial charge in [0.05, 0.1) is 36.1 Å². The third-order valence-corrected chi connectivity index (χ3v) is 9.30. The lowest BCUT2D eigenvalue weighted by Gasteiger charge is -2.38. The molecule has 3 aromatic rings. The van der Waals surface area contributed by atoms with Crippen LogP contribution in [-0.4, -0.2) is 77.9 Å². The molecular weight excluding hydrogens is 580 g/mol. The van der Waals surface area contributed by atoms with Crippen molar-refractivity contribution < 1.29 is 24.2 Å². The molecule has 40 heavy (non-hydrogen) atoms. The van der Waals surface area contributed by atoms with Gasteiger partial charge in [-0.3, -0.25) is 14.4 Å². The summed E-state index contributed by atoms with van der Waals surface area (Å²) in [6.07, 6.45) is -0.207. The fourth-order valence-electron chi connectivity index (χ4n) is 6.67. The predicted octanol–water partition coefficient (Wildman–Crippen LogP) is 1.91. The number of hydrogen-bond acceptors (Lipinski definition) is 7. The van der Waals surface area contributed by atoms with Gasteiger partial charge in [0.15, 0.2) is 0 Å². The molecule has 1 aromatic heterocycles. The third kappa shape index (κ3) is 4.11. The van der Waals surface area contributed by atoms with Crippen LogP contribution in [0.15, 0.2) is 54.6 Å². The molecule has 0 radical (unpaired) electrons. The standard InChI is InChI=1S/C28H31BrN6O5/c1-15(2)20(13-36)35-24(26(38)30-14-34-19-11-7-6-10-18(19)32-33-34)28-12-17(29)23(40-28)21(22(28)27(35)39)25(37)31-16-8-4-3-5-9-16/h3-11,15,17,20-24,36H,12-14H2,1-2H3,(H,30,38)(H,31,37)/t17?,20-,21-,22-,23-,24?,28?/m0/s1. The van der Waals surface area contributed by atoms with Crippen molar-refractivity contribution >= 4 is 50.4 Å². The SMILES string of the molecule is CC(C)[C@H](CO)N1C(=O)[C@@H]2[C@H](C(=O)Nc3ccccc3)[C@H]3OC2(CC3Br)C1C(=O)NCn1nnc2ccccc21. The Kier molecular flexibility index (Phi) is 6.87. The molecule has 3 aliphatic rings. The Bertz CT molecular complexity index is 1450. The number of amides is 3. The third-order valence-electron chi connectivity index (χ3n) is 8.46. The number of rotatable bonds is 8. The van der Waals surface area contributed by atoms with Crippen LogP contribution < -0.4 is 10.6 Å². The zero-order chi connectivity index (χ0) is 28.2. The van der Waals surface area contributed by atoms with Gasteiger partial charge in [-0.2, -0.15) is 0 Å².